The number of hydrogen-bond acceptors (Lipinski definition) is 2. The third kappa shape index (κ3) is 4.63. The molecule has 2 unspecified atom stereocenters. The van der Waals surface area contributed by atoms with Gasteiger partial charge in [-0.1, -0.05) is 44.2 Å². The summed E-state index contributed by atoms with van der Waals surface area (Å²) in [4.78, 5) is 2.64. The lowest BCUT2D eigenvalue weighted by molar-refractivity contribution is 0.189. The van der Waals surface area contributed by atoms with E-state index in [4.69, 9.17) is 0 Å². The molecular weight excluding hydrogens is 232 g/mol. The highest BCUT2D eigenvalue weighted by Gasteiger charge is 2.23. The molecule has 1 fully saturated rings. The Kier molecular flexibility index (Phi) is 5.41. The highest BCUT2D eigenvalue weighted by Crippen LogP contribution is 2.16. The van der Waals surface area contributed by atoms with Crippen LogP contribution in [-0.2, 0) is 6.54 Å². The van der Waals surface area contributed by atoms with Crippen molar-refractivity contribution in [2.75, 3.05) is 13.1 Å². The Morgan fingerprint density at radius 2 is 2.00 bits per heavy atom. The molecule has 19 heavy (non-hydrogen) atoms. The molecule has 2 rings (SSSR count). The van der Waals surface area contributed by atoms with Crippen molar-refractivity contribution in [3.63, 3.8) is 0 Å². The van der Waals surface area contributed by atoms with Gasteiger partial charge in [-0.25, -0.2) is 0 Å². The zero-order valence-electron chi connectivity index (χ0n) is 12.6. The van der Waals surface area contributed by atoms with Crippen LogP contribution in [0.25, 0.3) is 0 Å². The lowest BCUT2D eigenvalue weighted by Crippen LogP contribution is -2.40. The van der Waals surface area contributed by atoms with Crippen molar-refractivity contribution >= 4 is 0 Å². The summed E-state index contributed by atoms with van der Waals surface area (Å²) in [5.41, 5.74) is 1.43. The SMILES string of the molecule is CC(C)CC1CN(Cc2ccccc2)C(C)CCN1. The molecule has 2 nitrogen and oxygen atoms in total. The standard InChI is InChI=1S/C17H28N2/c1-14(2)11-17-13-19(15(3)9-10-18-17)12-16-7-5-4-6-8-16/h4-8,14-15,17-18H,9-13H2,1-3H3. The maximum absolute atomic E-state index is 3.72. The van der Waals surface area contributed by atoms with Gasteiger partial charge in [0, 0.05) is 25.2 Å². The molecule has 0 saturated carbocycles. The van der Waals surface area contributed by atoms with E-state index in [0.717, 1.165) is 19.0 Å². The van der Waals surface area contributed by atoms with Gasteiger partial charge < -0.3 is 5.32 Å². The van der Waals surface area contributed by atoms with Gasteiger partial charge >= 0.3 is 0 Å². The Bertz CT molecular complexity index is 361. The molecule has 2 heteroatoms. The number of nitrogens with zero attached hydrogens (tertiary/aromatic N) is 1. The minimum Gasteiger partial charge on any atom is -0.313 e. The molecule has 0 radical (unpaired) electrons. The van der Waals surface area contributed by atoms with E-state index in [1.165, 1.54) is 24.9 Å². The first kappa shape index (κ1) is 14.5. The quantitative estimate of drug-likeness (QED) is 0.893. The highest BCUT2D eigenvalue weighted by molar-refractivity contribution is 5.14. The lowest BCUT2D eigenvalue weighted by Gasteiger charge is -2.29. The molecule has 1 saturated heterocycles. The maximum Gasteiger partial charge on any atom is 0.0237 e. The van der Waals surface area contributed by atoms with Gasteiger partial charge in [0.1, 0.15) is 0 Å². The van der Waals surface area contributed by atoms with Gasteiger partial charge in [-0.05, 0) is 37.8 Å². The second-order valence-electron chi connectivity index (χ2n) is 6.33. The molecule has 1 aliphatic heterocycles. The van der Waals surface area contributed by atoms with Crippen molar-refractivity contribution in [2.24, 2.45) is 5.92 Å². The summed E-state index contributed by atoms with van der Waals surface area (Å²) in [7, 11) is 0. The van der Waals surface area contributed by atoms with Crippen LogP contribution in [0.4, 0.5) is 0 Å². The minimum atomic E-state index is 0.647. The molecule has 1 aromatic rings. The Morgan fingerprint density at radius 3 is 2.68 bits per heavy atom. The summed E-state index contributed by atoms with van der Waals surface area (Å²) >= 11 is 0. The molecular formula is C17H28N2. The van der Waals surface area contributed by atoms with E-state index >= 15 is 0 Å². The largest absolute Gasteiger partial charge is 0.313 e. The van der Waals surface area contributed by atoms with E-state index in [2.05, 4.69) is 61.3 Å². The van der Waals surface area contributed by atoms with Gasteiger partial charge in [0.15, 0.2) is 0 Å². The molecule has 1 aliphatic rings. The third-order valence-corrected chi connectivity index (χ3v) is 4.06. The topological polar surface area (TPSA) is 15.3 Å². The Labute approximate surface area is 118 Å². The molecule has 2 atom stereocenters. The highest BCUT2D eigenvalue weighted by atomic mass is 15.2. The van der Waals surface area contributed by atoms with Crippen LogP contribution in [-0.4, -0.2) is 30.1 Å². The predicted molar refractivity (Wildman–Crippen MR) is 82.2 cm³/mol. The first-order chi connectivity index (χ1) is 9.15. The van der Waals surface area contributed by atoms with Crippen LogP contribution in [0.3, 0.4) is 0 Å². The average Bonchev–Trinajstić information content (AvgIpc) is 2.53. The van der Waals surface area contributed by atoms with Gasteiger partial charge in [-0.15, -0.1) is 0 Å². The second-order valence-corrected chi connectivity index (χ2v) is 6.33. The molecule has 0 bridgehead atoms. The van der Waals surface area contributed by atoms with Crippen LogP contribution in [0.2, 0.25) is 0 Å². The average molecular weight is 260 g/mol. The lowest BCUT2D eigenvalue weighted by atomic mass is 10.0. The van der Waals surface area contributed by atoms with Crippen molar-refractivity contribution in [3.8, 4) is 0 Å². The van der Waals surface area contributed by atoms with Crippen molar-refractivity contribution < 1.29 is 0 Å². The predicted octanol–water partition coefficient (Wildman–Crippen LogP) is 3.29. The Hall–Kier alpha value is -0.860. The van der Waals surface area contributed by atoms with Crippen molar-refractivity contribution in [2.45, 2.75) is 52.2 Å². The summed E-state index contributed by atoms with van der Waals surface area (Å²) in [6, 6.07) is 12.2. The van der Waals surface area contributed by atoms with E-state index in [1.54, 1.807) is 0 Å². The zero-order valence-corrected chi connectivity index (χ0v) is 12.6. The van der Waals surface area contributed by atoms with E-state index in [1.807, 2.05) is 0 Å². The summed E-state index contributed by atoms with van der Waals surface area (Å²) in [6.07, 6.45) is 2.53. The maximum atomic E-state index is 3.72. The van der Waals surface area contributed by atoms with Crippen LogP contribution in [0.1, 0.15) is 39.2 Å². The number of rotatable bonds is 4. The number of benzene rings is 1. The van der Waals surface area contributed by atoms with E-state index < -0.39 is 0 Å². The number of nitrogens with one attached hydrogen (secondary N) is 1. The molecule has 1 N–H and O–H groups in total. The minimum absolute atomic E-state index is 0.647. The Morgan fingerprint density at radius 1 is 1.26 bits per heavy atom. The molecule has 0 amide bonds. The van der Waals surface area contributed by atoms with Crippen LogP contribution < -0.4 is 5.32 Å². The smallest absolute Gasteiger partial charge is 0.0237 e. The fourth-order valence-electron chi connectivity index (χ4n) is 2.97. The van der Waals surface area contributed by atoms with Crippen LogP contribution in [0.5, 0.6) is 0 Å². The first-order valence-electron chi connectivity index (χ1n) is 7.66. The van der Waals surface area contributed by atoms with Gasteiger partial charge in [0.25, 0.3) is 0 Å². The molecule has 1 heterocycles. The summed E-state index contributed by atoms with van der Waals surface area (Å²) in [6.45, 7) is 10.4. The van der Waals surface area contributed by atoms with Gasteiger partial charge in [-0.2, -0.15) is 0 Å². The van der Waals surface area contributed by atoms with E-state index in [-0.39, 0.29) is 0 Å². The molecule has 0 aromatic heterocycles. The summed E-state index contributed by atoms with van der Waals surface area (Å²) in [5.74, 6) is 0.768. The summed E-state index contributed by atoms with van der Waals surface area (Å²) in [5, 5.41) is 3.72. The van der Waals surface area contributed by atoms with Crippen molar-refractivity contribution in [1.29, 1.82) is 0 Å². The van der Waals surface area contributed by atoms with Crippen molar-refractivity contribution in [1.82, 2.24) is 10.2 Å². The van der Waals surface area contributed by atoms with E-state index in [9.17, 15) is 0 Å². The zero-order chi connectivity index (χ0) is 13.7. The molecule has 0 spiro atoms. The molecule has 106 valence electrons. The fraction of sp³-hybridized carbons (Fsp3) is 0.647. The monoisotopic (exact) mass is 260 g/mol. The fourth-order valence-corrected chi connectivity index (χ4v) is 2.97. The van der Waals surface area contributed by atoms with Crippen LogP contribution in [0, 0.1) is 5.92 Å². The third-order valence-electron chi connectivity index (χ3n) is 4.06. The summed E-state index contributed by atoms with van der Waals surface area (Å²) < 4.78 is 0. The van der Waals surface area contributed by atoms with Crippen LogP contribution >= 0.6 is 0 Å². The van der Waals surface area contributed by atoms with Gasteiger partial charge in [-0.3, -0.25) is 4.90 Å². The van der Waals surface area contributed by atoms with E-state index in [0.29, 0.717) is 12.1 Å². The second kappa shape index (κ2) is 7.06. The molecule has 1 aromatic carbocycles. The van der Waals surface area contributed by atoms with Gasteiger partial charge in [0.2, 0.25) is 0 Å². The number of hydrogen-bond donors (Lipinski definition) is 1. The first-order valence-corrected chi connectivity index (χ1v) is 7.66. The van der Waals surface area contributed by atoms with Crippen LogP contribution in [0.15, 0.2) is 30.3 Å². The normalized spacial score (nSPS) is 25.5. The Balaban J connectivity index is 1.99. The van der Waals surface area contributed by atoms with Crippen molar-refractivity contribution in [3.05, 3.63) is 35.9 Å². The van der Waals surface area contributed by atoms with Gasteiger partial charge in [0.05, 0.1) is 0 Å². The molecule has 0 aliphatic carbocycles.